The molecule has 0 saturated heterocycles. The van der Waals surface area contributed by atoms with Crippen LogP contribution >= 0.6 is 11.3 Å². The van der Waals surface area contributed by atoms with Gasteiger partial charge in [-0.2, -0.15) is 4.99 Å². The average Bonchev–Trinajstić information content (AvgIpc) is 3.03. The number of rotatable bonds is 8. The number of carbonyl (C=O) groups is 1. The highest BCUT2D eigenvalue weighted by molar-refractivity contribution is 7.16. The topological polar surface area (TPSA) is 96.0 Å². The van der Waals surface area contributed by atoms with Gasteiger partial charge in [-0.1, -0.05) is 29.5 Å². The van der Waals surface area contributed by atoms with E-state index in [1.54, 1.807) is 22.8 Å². The molecule has 3 rings (SSSR count). The summed E-state index contributed by atoms with van der Waals surface area (Å²) in [5.74, 6) is 0.150. The minimum atomic E-state index is -0.445. The Balaban J connectivity index is 1.91. The third-order valence-corrected chi connectivity index (χ3v) is 4.92. The van der Waals surface area contributed by atoms with Gasteiger partial charge in [0.15, 0.2) is 11.4 Å². The summed E-state index contributed by atoms with van der Waals surface area (Å²) >= 11 is 1.29. The van der Waals surface area contributed by atoms with Crippen molar-refractivity contribution in [2.45, 2.75) is 13.5 Å². The normalized spacial score (nSPS) is 11.7. The first kappa shape index (κ1) is 19.7. The van der Waals surface area contributed by atoms with Gasteiger partial charge in [0.05, 0.1) is 21.7 Å². The minimum absolute atomic E-state index is 0.0132. The molecule has 3 aromatic rings. The summed E-state index contributed by atoms with van der Waals surface area (Å²) in [5.41, 5.74) is 0.634. The Hall–Kier alpha value is -3.04. The Morgan fingerprint density at radius 1 is 1.25 bits per heavy atom. The Morgan fingerprint density at radius 2 is 2.04 bits per heavy atom. The van der Waals surface area contributed by atoms with Crippen LogP contribution in [-0.4, -0.2) is 35.2 Å². The van der Waals surface area contributed by atoms with Crippen LogP contribution in [0.4, 0.5) is 5.69 Å². The summed E-state index contributed by atoms with van der Waals surface area (Å²) < 4.78 is 13.4. The van der Waals surface area contributed by atoms with E-state index >= 15 is 0 Å². The molecular formula is C19H19N3O5S. The zero-order valence-electron chi connectivity index (χ0n) is 15.2. The van der Waals surface area contributed by atoms with Gasteiger partial charge in [0.1, 0.15) is 5.75 Å². The molecule has 28 heavy (non-hydrogen) atoms. The number of para-hydroxylation sites is 1. The quantitative estimate of drug-likeness (QED) is 0.328. The molecular weight excluding hydrogens is 382 g/mol. The number of amides is 1. The number of nitrogens with zero attached hydrogens (tertiary/aromatic N) is 3. The SMILES string of the molecule is CCOCCn1c(=NC(=O)COc2ccccc2)sc2ccc([N+](=O)[O-])cc21. The molecule has 0 bridgehead atoms. The number of hydrogen-bond acceptors (Lipinski definition) is 6. The van der Waals surface area contributed by atoms with Crippen molar-refractivity contribution in [3.05, 3.63) is 63.4 Å². The zero-order valence-corrected chi connectivity index (χ0v) is 16.1. The molecule has 0 spiro atoms. The first-order valence-corrected chi connectivity index (χ1v) is 9.51. The number of carbonyl (C=O) groups excluding carboxylic acids is 1. The summed E-state index contributed by atoms with van der Waals surface area (Å²) in [4.78, 5) is 27.6. The van der Waals surface area contributed by atoms with Crippen molar-refractivity contribution in [2.75, 3.05) is 19.8 Å². The Kier molecular flexibility index (Phi) is 6.51. The fourth-order valence-electron chi connectivity index (χ4n) is 2.57. The second-order valence-electron chi connectivity index (χ2n) is 5.75. The van der Waals surface area contributed by atoms with Gasteiger partial charge >= 0.3 is 0 Å². The van der Waals surface area contributed by atoms with E-state index in [9.17, 15) is 14.9 Å². The average molecular weight is 401 g/mol. The van der Waals surface area contributed by atoms with E-state index in [4.69, 9.17) is 9.47 Å². The van der Waals surface area contributed by atoms with E-state index in [1.807, 2.05) is 25.1 Å². The van der Waals surface area contributed by atoms with Crippen LogP contribution in [0.3, 0.4) is 0 Å². The molecule has 1 heterocycles. The van der Waals surface area contributed by atoms with Crippen molar-refractivity contribution >= 4 is 33.1 Å². The molecule has 0 N–H and O–H groups in total. The van der Waals surface area contributed by atoms with Gasteiger partial charge in [-0.25, -0.2) is 0 Å². The van der Waals surface area contributed by atoms with Crippen molar-refractivity contribution in [2.24, 2.45) is 4.99 Å². The molecule has 146 valence electrons. The fourth-order valence-corrected chi connectivity index (χ4v) is 3.63. The third kappa shape index (κ3) is 4.81. The maximum atomic E-state index is 12.3. The number of nitro benzene ring substituents is 1. The molecule has 0 saturated carbocycles. The lowest BCUT2D eigenvalue weighted by molar-refractivity contribution is -0.384. The lowest BCUT2D eigenvalue weighted by Gasteiger charge is -2.05. The van der Waals surface area contributed by atoms with Crippen LogP contribution in [0.15, 0.2) is 53.5 Å². The summed E-state index contributed by atoms with van der Waals surface area (Å²) in [6, 6.07) is 13.6. The van der Waals surface area contributed by atoms with E-state index < -0.39 is 10.8 Å². The van der Waals surface area contributed by atoms with Gasteiger partial charge in [0.25, 0.3) is 11.6 Å². The van der Waals surface area contributed by atoms with E-state index in [0.717, 1.165) is 4.70 Å². The molecule has 0 radical (unpaired) electrons. The lowest BCUT2D eigenvalue weighted by atomic mass is 10.3. The van der Waals surface area contributed by atoms with E-state index in [2.05, 4.69) is 4.99 Å². The first-order valence-electron chi connectivity index (χ1n) is 8.69. The number of hydrogen-bond donors (Lipinski definition) is 0. The number of non-ortho nitro benzene ring substituents is 1. The number of thiazole rings is 1. The van der Waals surface area contributed by atoms with Crippen LogP contribution in [0.5, 0.6) is 5.75 Å². The molecule has 1 amide bonds. The molecule has 0 fully saturated rings. The van der Waals surface area contributed by atoms with Gasteiger partial charge in [0.2, 0.25) is 0 Å². The largest absolute Gasteiger partial charge is 0.484 e. The predicted molar refractivity (Wildman–Crippen MR) is 105 cm³/mol. The predicted octanol–water partition coefficient (Wildman–Crippen LogP) is 3.15. The van der Waals surface area contributed by atoms with Crippen LogP contribution in [0.1, 0.15) is 6.92 Å². The molecule has 2 aromatic carbocycles. The summed E-state index contributed by atoms with van der Waals surface area (Å²) in [6.45, 7) is 3.09. The highest BCUT2D eigenvalue weighted by Gasteiger charge is 2.13. The molecule has 0 aliphatic heterocycles. The van der Waals surface area contributed by atoms with Gasteiger partial charge in [-0.3, -0.25) is 14.9 Å². The summed E-state index contributed by atoms with van der Waals surface area (Å²) in [7, 11) is 0. The van der Waals surface area contributed by atoms with Gasteiger partial charge in [-0.15, -0.1) is 0 Å². The smallest absolute Gasteiger partial charge is 0.286 e. The highest BCUT2D eigenvalue weighted by Crippen LogP contribution is 2.23. The number of fused-ring (bicyclic) bond motifs is 1. The summed E-state index contributed by atoms with van der Waals surface area (Å²) in [6.07, 6.45) is 0. The maximum absolute atomic E-state index is 12.3. The van der Waals surface area contributed by atoms with Gasteiger partial charge in [0, 0.05) is 25.3 Å². The molecule has 1 aromatic heterocycles. The van der Waals surface area contributed by atoms with Crippen LogP contribution in [0.2, 0.25) is 0 Å². The van der Waals surface area contributed by atoms with Gasteiger partial charge in [-0.05, 0) is 25.1 Å². The van der Waals surface area contributed by atoms with Crippen LogP contribution in [0, 0.1) is 10.1 Å². The molecule has 0 unspecified atom stereocenters. The molecule has 0 atom stereocenters. The second kappa shape index (κ2) is 9.25. The highest BCUT2D eigenvalue weighted by atomic mass is 32.1. The maximum Gasteiger partial charge on any atom is 0.286 e. The van der Waals surface area contributed by atoms with Crippen molar-refractivity contribution in [1.29, 1.82) is 0 Å². The zero-order chi connectivity index (χ0) is 19.9. The summed E-state index contributed by atoms with van der Waals surface area (Å²) in [5, 5.41) is 11.1. The van der Waals surface area contributed by atoms with E-state index in [-0.39, 0.29) is 12.3 Å². The first-order chi connectivity index (χ1) is 13.6. The molecule has 0 aliphatic carbocycles. The Bertz CT molecular complexity index is 1040. The van der Waals surface area contributed by atoms with E-state index in [0.29, 0.717) is 35.8 Å². The molecule has 8 nitrogen and oxygen atoms in total. The third-order valence-electron chi connectivity index (χ3n) is 3.87. The number of ether oxygens (including phenoxy) is 2. The lowest BCUT2D eigenvalue weighted by Crippen LogP contribution is -2.21. The molecule has 9 heteroatoms. The Labute approximate surface area is 164 Å². The van der Waals surface area contributed by atoms with Crippen LogP contribution in [0.25, 0.3) is 10.2 Å². The van der Waals surface area contributed by atoms with Crippen molar-refractivity contribution in [3.8, 4) is 5.75 Å². The van der Waals surface area contributed by atoms with Gasteiger partial charge < -0.3 is 14.0 Å². The van der Waals surface area contributed by atoms with Crippen molar-refractivity contribution in [1.82, 2.24) is 4.57 Å². The van der Waals surface area contributed by atoms with Crippen molar-refractivity contribution in [3.63, 3.8) is 0 Å². The monoisotopic (exact) mass is 401 g/mol. The Morgan fingerprint density at radius 3 is 2.75 bits per heavy atom. The minimum Gasteiger partial charge on any atom is -0.484 e. The van der Waals surface area contributed by atoms with E-state index in [1.165, 1.54) is 23.5 Å². The number of benzene rings is 2. The number of aromatic nitrogens is 1. The molecule has 0 aliphatic rings. The second-order valence-corrected chi connectivity index (χ2v) is 6.76. The standard InChI is InChI=1S/C19H19N3O5S/c1-2-26-11-10-21-16-12-14(22(24)25)8-9-17(16)28-19(21)20-18(23)13-27-15-6-4-3-5-7-15/h3-9,12H,2,10-11,13H2,1H3. The fraction of sp³-hybridized carbons (Fsp3) is 0.263. The van der Waals surface area contributed by atoms with Crippen LogP contribution in [-0.2, 0) is 16.1 Å². The van der Waals surface area contributed by atoms with Crippen LogP contribution < -0.4 is 9.54 Å². The number of nitro groups is 1. The van der Waals surface area contributed by atoms with Crippen molar-refractivity contribution < 1.29 is 19.2 Å².